The first kappa shape index (κ1) is 15.3. The smallest absolute Gasteiger partial charge is 0.238 e. The first-order valence-electron chi connectivity index (χ1n) is 7.08. The van der Waals surface area contributed by atoms with Gasteiger partial charge < -0.3 is 15.7 Å². The Morgan fingerprint density at radius 2 is 2.15 bits per heavy atom. The largest absolute Gasteiger partial charge is 0.393 e. The number of aliphatic hydroxyl groups excluding tert-OH is 1. The Morgan fingerprint density at radius 3 is 2.90 bits per heavy atom. The van der Waals surface area contributed by atoms with Crippen LogP contribution in [0.4, 0.5) is 5.69 Å². The maximum absolute atomic E-state index is 11.8. The van der Waals surface area contributed by atoms with Crippen molar-refractivity contribution in [2.45, 2.75) is 31.8 Å². The van der Waals surface area contributed by atoms with E-state index in [-0.39, 0.29) is 18.6 Å². The van der Waals surface area contributed by atoms with Gasteiger partial charge in [0.2, 0.25) is 5.91 Å². The van der Waals surface area contributed by atoms with E-state index in [1.807, 2.05) is 12.1 Å². The Bertz CT molecular complexity index is 453. The summed E-state index contributed by atoms with van der Waals surface area (Å²) in [6, 6.07) is 7.18. The second-order valence-corrected chi connectivity index (χ2v) is 5.75. The fourth-order valence-corrected chi connectivity index (χ4v) is 2.78. The van der Waals surface area contributed by atoms with E-state index in [0.29, 0.717) is 16.6 Å². The van der Waals surface area contributed by atoms with Crippen LogP contribution >= 0.6 is 11.6 Å². The zero-order valence-electron chi connectivity index (χ0n) is 11.4. The maximum atomic E-state index is 11.8. The summed E-state index contributed by atoms with van der Waals surface area (Å²) in [5.41, 5.74) is 0.633. The van der Waals surface area contributed by atoms with Crippen molar-refractivity contribution >= 4 is 23.2 Å². The molecule has 1 fully saturated rings. The molecule has 5 heteroatoms. The number of carbonyl (C=O) groups excluding carboxylic acids is 1. The minimum Gasteiger partial charge on any atom is -0.393 e. The molecule has 0 saturated heterocycles. The second kappa shape index (κ2) is 7.62. The highest BCUT2D eigenvalue weighted by Gasteiger charge is 2.19. The van der Waals surface area contributed by atoms with Crippen molar-refractivity contribution in [3.05, 3.63) is 29.3 Å². The van der Waals surface area contributed by atoms with Gasteiger partial charge in [-0.05, 0) is 43.9 Å². The predicted octanol–water partition coefficient (Wildman–Crippen LogP) is 2.42. The van der Waals surface area contributed by atoms with Crippen LogP contribution < -0.4 is 10.6 Å². The third-order valence-electron chi connectivity index (χ3n) is 3.62. The molecule has 0 bridgehead atoms. The van der Waals surface area contributed by atoms with Crippen LogP contribution in [0, 0.1) is 5.92 Å². The van der Waals surface area contributed by atoms with E-state index in [1.165, 1.54) is 0 Å². The molecule has 2 atom stereocenters. The van der Waals surface area contributed by atoms with Gasteiger partial charge in [0.05, 0.1) is 23.4 Å². The molecule has 110 valence electrons. The molecule has 0 radical (unpaired) electrons. The van der Waals surface area contributed by atoms with Crippen LogP contribution in [0.1, 0.15) is 25.7 Å². The SMILES string of the molecule is O=C(CNCC1CCCC(O)C1)Nc1ccccc1Cl. The molecule has 4 nitrogen and oxygen atoms in total. The number of rotatable bonds is 5. The number of carbonyl (C=O) groups is 1. The number of nitrogens with one attached hydrogen (secondary N) is 2. The molecule has 3 N–H and O–H groups in total. The summed E-state index contributed by atoms with van der Waals surface area (Å²) >= 11 is 5.98. The molecule has 0 aromatic heterocycles. The molecule has 1 saturated carbocycles. The van der Waals surface area contributed by atoms with Crippen LogP contribution in [0.3, 0.4) is 0 Å². The van der Waals surface area contributed by atoms with Crippen molar-refractivity contribution < 1.29 is 9.90 Å². The molecular formula is C15H21ClN2O2. The number of hydrogen-bond donors (Lipinski definition) is 3. The molecular weight excluding hydrogens is 276 g/mol. The minimum absolute atomic E-state index is 0.102. The van der Waals surface area contributed by atoms with Crippen LogP contribution in [0.5, 0.6) is 0 Å². The van der Waals surface area contributed by atoms with E-state index in [1.54, 1.807) is 12.1 Å². The molecule has 2 unspecified atom stereocenters. The van der Waals surface area contributed by atoms with Gasteiger partial charge in [0.1, 0.15) is 0 Å². The predicted molar refractivity (Wildman–Crippen MR) is 80.9 cm³/mol. The lowest BCUT2D eigenvalue weighted by Gasteiger charge is -2.25. The van der Waals surface area contributed by atoms with Gasteiger partial charge in [-0.2, -0.15) is 0 Å². The van der Waals surface area contributed by atoms with Gasteiger partial charge in [-0.15, -0.1) is 0 Å². The Balaban J connectivity index is 1.69. The lowest BCUT2D eigenvalue weighted by molar-refractivity contribution is -0.115. The van der Waals surface area contributed by atoms with Crippen molar-refractivity contribution in [3.8, 4) is 0 Å². The van der Waals surface area contributed by atoms with E-state index >= 15 is 0 Å². The Morgan fingerprint density at radius 1 is 1.35 bits per heavy atom. The standard InChI is InChI=1S/C15H21ClN2O2/c16-13-6-1-2-7-14(13)18-15(20)10-17-9-11-4-3-5-12(19)8-11/h1-2,6-7,11-12,17,19H,3-5,8-10H2,(H,18,20). The van der Waals surface area contributed by atoms with E-state index in [2.05, 4.69) is 10.6 Å². The average molecular weight is 297 g/mol. The number of benzene rings is 1. The number of hydrogen-bond acceptors (Lipinski definition) is 3. The zero-order valence-corrected chi connectivity index (χ0v) is 12.2. The van der Waals surface area contributed by atoms with Crippen LogP contribution in [-0.2, 0) is 4.79 Å². The third-order valence-corrected chi connectivity index (χ3v) is 3.95. The fourth-order valence-electron chi connectivity index (χ4n) is 2.59. The molecule has 1 aliphatic carbocycles. The quantitative estimate of drug-likeness (QED) is 0.782. The molecule has 20 heavy (non-hydrogen) atoms. The zero-order chi connectivity index (χ0) is 14.4. The van der Waals surface area contributed by atoms with Gasteiger partial charge in [-0.1, -0.05) is 30.2 Å². The Hall–Kier alpha value is -1.10. The van der Waals surface area contributed by atoms with Gasteiger partial charge >= 0.3 is 0 Å². The lowest BCUT2D eigenvalue weighted by atomic mass is 9.87. The van der Waals surface area contributed by atoms with E-state index in [9.17, 15) is 9.90 Å². The summed E-state index contributed by atoms with van der Waals surface area (Å²) in [5.74, 6) is 0.362. The Kier molecular flexibility index (Phi) is 5.83. The van der Waals surface area contributed by atoms with Crippen LogP contribution in [0.2, 0.25) is 5.02 Å². The van der Waals surface area contributed by atoms with Gasteiger partial charge in [0, 0.05) is 0 Å². The highest BCUT2D eigenvalue weighted by molar-refractivity contribution is 6.33. The number of para-hydroxylation sites is 1. The van der Waals surface area contributed by atoms with E-state index < -0.39 is 0 Å². The summed E-state index contributed by atoms with van der Waals surface area (Å²) in [6.07, 6.45) is 3.76. The first-order chi connectivity index (χ1) is 9.65. The molecule has 1 aromatic carbocycles. The molecule has 2 rings (SSSR count). The second-order valence-electron chi connectivity index (χ2n) is 5.35. The molecule has 0 spiro atoms. The molecule has 1 amide bonds. The van der Waals surface area contributed by atoms with E-state index in [0.717, 1.165) is 32.2 Å². The summed E-state index contributed by atoms with van der Waals surface area (Å²) < 4.78 is 0. The van der Waals surface area contributed by atoms with Crippen molar-refractivity contribution in [3.63, 3.8) is 0 Å². The maximum Gasteiger partial charge on any atom is 0.238 e. The third kappa shape index (κ3) is 4.78. The van der Waals surface area contributed by atoms with Gasteiger partial charge in [0.15, 0.2) is 0 Å². The topological polar surface area (TPSA) is 61.4 Å². The van der Waals surface area contributed by atoms with Gasteiger partial charge in [-0.3, -0.25) is 4.79 Å². The summed E-state index contributed by atoms with van der Waals surface area (Å²) in [7, 11) is 0. The molecule has 0 heterocycles. The first-order valence-corrected chi connectivity index (χ1v) is 7.46. The lowest BCUT2D eigenvalue weighted by Crippen LogP contribution is -2.34. The van der Waals surface area contributed by atoms with Crippen molar-refractivity contribution in [2.24, 2.45) is 5.92 Å². The summed E-state index contributed by atoms with van der Waals surface area (Å²) in [6.45, 7) is 1.03. The van der Waals surface area contributed by atoms with Gasteiger partial charge in [-0.25, -0.2) is 0 Å². The monoisotopic (exact) mass is 296 g/mol. The highest BCUT2D eigenvalue weighted by atomic mass is 35.5. The van der Waals surface area contributed by atoms with Crippen molar-refractivity contribution in [1.29, 1.82) is 0 Å². The van der Waals surface area contributed by atoms with Crippen molar-refractivity contribution in [1.82, 2.24) is 5.32 Å². The normalized spacial score (nSPS) is 22.5. The van der Waals surface area contributed by atoms with Gasteiger partial charge in [0.25, 0.3) is 0 Å². The number of anilines is 1. The van der Waals surface area contributed by atoms with Crippen LogP contribution in [0.15, 0.2) is 24.3 Å². The fraction of sp³-hybridized carbons (Fsp3) is 0.533. The van der Waals surface area contributed by atoms with Crippen LogP contribution in [-0.4, -0.2) is 30.2 Å². The molecule has 1 aliphatic rings. The number of aliphatic hydroxyl groups is 1. The number of amides is 1. The number of halogens is 1. The van der Waals surface area contributed by atoms with Crippen LogP contribution in [0.25, 0.3) is 0 Å². The molecule has 0 aliphatic heterocycles. The van der Waals surface area contributed by atoms with E-state index in [4.69, 9.17) is 11.6 Å². The molecule has 1 aromatic rings. The minimum atomic E-state index is -0.174. The van der Waals surface area contributed by atoms with Crippen molar-refractivity contribution in [2.75, 3.05) is 18.4 Å². The summed E-state index contributed by atoms with van der Waals surface area (Å²) in [4.78, 5) is 11.8. The highest BCUT2D eigenvalue weighted by Crippen LogP contribution is 2.23. The summed E-state index contributed by atoms with van der Waals surface area (Å²) in [5, 5.41) is 16.1. The average Bonchev–Trinajstić information content (AvgIpc) is 2.41. The Labute approximate surface area is 124 Å².